The summed E-state index contributed by atoms with van der Waals surface area (Å²) in [5.41, 5.74) is 6.62. The number of aromatic amines is 1. The molecule has 1 heterocycles. The lowest BCUT2D eigenvalue weighted by atomic mass is 10.1. The Hall–Kier alpha value is -3.75. The van der Waals surface area contributed by atoms with Gasteiger partial charge < -0.3 is 4.98 Å². The first-order chi connectivity index (χ1) is 12.8. The van der Waals surface area contributed by atoms with Crippen molar-refractivity contribution in [3.05, 3.63) is 75.2 Å². The summed E-state index contributed by atoms with van der Waals surface area (Å²) in [6.07, 6.45) is -0.0597. The molecule has 9 heteroatoms. The monoisotopic (exact) mass is 370 g/mol. The minimum Gasteiger partial charge on any atom is -0.358 e. The number of amides is 2. The number of nitro benzene ring substituents is 1. The molecule has 2 aromatic carbocycles. The van der Waals surface area contributed by atoms with Gasteiger partial charge in [0.05, 0.1) is 11.3 Å². The smallest absolute Gasteiger partial charge is 0.269 e. The van der Waals surface area contributed by atoms with E-state index in [9.17, 15) is 24.1 Å². The van der Waals surface area contributed by atoms with E-state index in [1.54, 1.807) is 13.0 Å². The van der Waals surface area contributed by atoms with E-state index >= 15 is 0 Å². The average Bonchev–Trinajstić information content (AvgIpc) is 2.94. The van der Waals surface area contributed by atoms with Crippen LogP contribution in [0.15, 0.2) is 42.5 Å². The molecule has 0 fully saturated rings. The molecule has 138 valence electrons. The number of aryl methyl sites for hydroxylation is 1. The van der Waals surface area contributed by atoms with Crippen molar-refractivity contribution >= 4 is 28.4 Å². The second kappa shape index (κ2) is 7.24. The Labute approximate surface area is 152 Å². The second-order valence-corrected chi connectivity index (χ2v) is 5.90. The number of H-pyrrole nitrogens is 1. The highest BCUT2D eigenvalue weighted by Gasteiger charge is 2.15. The Bertz CT molecular complexity index is 1040. The molecule has 0 aliphatic carbocycles. The fourth-order valence-corrected chi connectivity index (χ4v) is 2.72. The molecule has 1 aromatic heterocycles. The predicted octanol–water partition coefficient (Wildman–Crippen LogP) is 2.53. The van der Waals surface area contributed by atoms with Crippen LogP contribution in [-0.2, 0) is 11.2 Å². The van der Waals surface area contributed by atoms with Crippen LogP contribution in [-0.4, -0.2) is 21.7 Å². The van der Waals surface area contributed by atoms with Crippen molar-refractivity contribution in [2.24, 2.45) is 0 Å². The van der Waals surface area contributed by atoms with E-state index in [-0.39, 0.29) is 17.7 Å². The normalized spacial score (nSPS) is 10.6. The van der Waals surface area contributed by atoms with Gasteiger partial charge in [0.25, 0.3) is 11.6 Å². The van der Waals surface area contributed by atoms with Crippen molar-refractivity contribution in [1.82, 2.24) is 15.8 Å². The number of non-ortho nitro benzene ring substituents is 1. The summed E-state index contributed by atoms with van der Waals surface area (Å²) in [4.78, 5) is 37.3. The number of benzene rings is 2. The molecule has 27 heavy (non-hydrogen) atoms. The molecule has 0 radical (unpaired) electrons. The number of rotatable bonds is 4. The van der Waals surface area contributed by atoms with E-state index < -0.39 is 22.6 Å². The summed E-state index contributed by atoms with van der Waals surface area (Å²) in [5, 5.41) is 11.2. The van der Waals surface area contributed by atoms with E-state index in [4.69, 9.17) is 0 Å². The van der Waals surface area contributed by atoms with Crippen LogP contribution in [0.2, 0.25) is 0 Å². The number of aromatic nitrogens is 1. The third-order valence-corrected chi connectivity index (χ3v) is 4.07. The van der Waals surface area contributed by atoms with E-state index in [0.29, 0.717) is 16.5 Å². The molecule has 3 aromatic rings. The minimum absolute atomic E-state index is 0.0597. The Morgan fingerprint density at radius 3 is 2.52 bits per heavy atom. The number of carbonyl (C=O) groups excluding carboxylic acids is 2. The second-order valence-electron chi connectivity index (χ2n) is 5.90. The SMILES string of the molecule is Cc1[nH]c2ccc(F)cc2c1CC(=O)NNC(=O)c1ccc([N+](=O)[O-])cc1. The zero-order valence-corrected chi connectivity index (χ0v) is 14.2. The number of hydrogen-bond acceptors (Lipinski definition) is 4. The van der Waals surface area contributed by atoms with Crippen molar-refractivity contribution in [3.8, 4) is 0 Å². The molecular weight excluding hydrogens is 355 g/mol. The predicted molar refractivity (Wildman–Crippen MR) is 95.4 cm³/mol. The summed E-state index contributed by atoms with van der Waals surface area (Å²) >= 11 is 0. The Morgan fingerprint density at radius 2 is 1.85 bits per heavy atom. The van der Waals surface area contributed by atoms with E-state index in [0.717, 1.165) is 5.69 Å². The maximum atomic E-state index is 13.5. The average molecular weight is 370 g/mol. The minimum atomic E-state index is -0.611. The largest absolute Gasteiger partial charge is 0.358 e. The van der Waals surface area contributed by atoms with Gasteiger partial charge in [-0.15, -0.1) is 0 Å². The van der Waals surface area contributed by atoms with E-state index in [2.05, 4.69) is 15.8 Å². The topological polar surface area (TPSA) is 117 Å². The molecule has 8 nitrogen and oxygen atoms in total. The Balaban J connectivity index is 1.64. The number of fused-ring (bicyclic) bond motifs is 1. The highest BCUT2D eigenvalue weighted by atomic mass is 19.1. The number of carbonyl (C=O) groups is 2. The van der Waals surface area contributed by atoms with Crippen molar-refractivity contribution in [2.75, 3.05) is 0 Å². The van der Waals surface area contributed by atoms with Gasteiger partial charge in [0.1, 0.15) is 5.82 Å². The van der Waals surface area contributed by atoms with Gasteiger partial charge in [-0.05, 0) is 42.8 Å². The summed E-state index contributed by atoms with van der Waals surface area (Å²) in [7, 11) is 0. The van der Waals surface area contributed by atoms with Gasteiger partial charge in [-0.2, -0.15) is 0 Å². The number of nitro groups is 1. The van der Waals surface area contributed by atoms with Gasteiger partial charge in [-0.1, -0.05) is 0 Å². The van der Waals surface area contributed by atoms with Crippen LogP contribution in [0.5, 0.6) is 0 Å². The maximum absolute atomic E-state index is 13.5. The number of hydrogen-bond donors (Lipinski definition) is 3. The lowest BCUT2D eigenvalue weighted by molar-refractivity contribution is -0.384. The maximum Gasteiger partial charge on any atom is 0.269 e. The molecule has 0 atom stereocenters. The molecule has 0 unspecified atom stereocenters. The molecule has 3 N–H and O–H groups in total. The van der Waals surface area contributed by atoms with Gasteiger partial charge in [0.15, 0.2) is 0 Å². The summed E-state index contributed by atoms with van der Waals surface area (Å²) < 4.78 is 13.5. The molecule has 3 rings (SSSR count). The molecule has 0 bridgehead atoms. The highest BCUT2D eigenvalue weighted by Crippen LogP contribution is 2.23. The van der Waals surface area contributed by atoms with Crippen LogP contribution >= 0.6 is 0 Å². The third-order valence-electron chi connectivity index (χ3n) is 4.07. The molecule has 0 aliphatic rings. The lowest BCUT2D eigenvalue weighted by Crippen LogP contribution is -2.42. The molecule has 2 amide bonds. The summed E-state index contributed by atoms with van der Waals surface area (Å²) in [6, 6.07) is 9.22. The van der Waals surface area contributed by atoms with E-state index in [1.807, 2.05) is 0 Å². The molecule has 0 saturated heterocycles. The van der Waals surface area contributed by atoms with Crippen LogP contribution in [0.25, 0.3) is 10.9 Å². The standard InChI is InChI=1S/C18H15FN4O4/c1-10-14(15-8-12(19)4-7-16(15)20-10)9-17(24)21-22-18(25)11-2-5-13(6-3-11)23(26)27/h2-8,20H,9H2,1H3,(H,21,24)(H,22,25). The van der Waals surface area contributed by atoms with Crippen molar-refractivity contribution < 1.29 is 18.9 Å². The zero-order valence-electron chi connectivity index (χ0n) is 14.2. The molecule has 0 spiro atoms. The first kappa shape index (κ1) is 18.1. The van der Waals surface area contributed by atoms with E-state index in [1.165, 1.54) is 36.4 Å². The first-order valence-electron chi connectivity index (χ1n) is 7.95. The van der Waals surface area contributed by atoms with Gasteiger partial charge in [-0.25, -0.2) is 4.39 Å². The number of nitrogens with zero attached hydrogens (tertiary/aromatic N) is 1. The van der Waals surface area contributed by atoms with Gasteiger partial charge in [-0.3, -0.25) is 30.6 Å². The Kier molecular flexibility index (Phi) is 4.84. The third kappa shape index (κ3) is 3.92. The number of hydrazine groups is 1. The van der Waals surface area contributed by atoms with Crippen LogP contribution in [0.3, 0.4) is 0 Å². The zero-order chi connectivity index (χ0) is 19.6. The molecule has 0 saturated carbocycles. The first-order valence-corrected chi connectivity index (χ1v) is 7.95. The van der Waals surface area contributed by atoms with Crippen molar-refractivity contribution in [3.63, 3.8) is 0 Å². The van der Waals surface area contributed by atoms with Crippen LogP contribution < -0.4 is 10.9 Å². The van der Waals surface area contributed by atoms with Crippen LogP contribution in [0.4, 0.5) is 10.1 Å². The Morgan fingerprint density at radius 1 is 1.15 bits per heavy atom. The molecular formula is C18H15FN4O4. The van der Waals surface area contributed by atoms with Gasteiger partial charge >= 0.3 is 0 Å². The number of nitrogens with one attached hydrogen (secondary N) is 3. The lowest BCUT2D eigenvalue weighted by Gasteiger charge is -2.08. The van der Waals surface area contributed by atoms with Crippen LogP contribution in [0, 0.1) is 22.9 Å². The summed E-state index contributed by atoms with van der Waals surface area (Å²) in [6.45, 7) is 1.77. The quantitative estimate of drug-likeness (QED) is 0.483. The van der Waals surface area contributed by atoms with Gasteiger partial charge in [0.2, 0.25) is 5.91 Å². The number of halogens is 1. The van der Waals surface area contributed by atoms with Crippen molar-refractivity contribution in [1.29, 1.82) is 0 Å². The van der Waals surface area contributed by atoms with Gasteiger partial charge in [0, 0.05) is 34.3 Å². The molecule has 0 aliphatic heterocycles. The van der Waals surface area contributed by atoms with Crippen molar-refractivity contribution in [2.45, 2.75) is 13.3 Å². The highest BCUT2D eigenvalue weighted by molar-refractivity contribution is 5.96. The summed E-state index contributed by atoms with van der Waals surface area (Å²) in [5.74, 6) is -1.51. The fourth-order valence-electron chi connectivity index (χ4n) is 2.72. The fraction of sp³-hybridized carbons (Fsp3) is 0.111. The van der Waals surface area contributed by atoms with Crippen LogP contribution in [0.1, 0.15) is 21.6 Å².